The number of benzene rings is 1. The van der Waals surface area contributed by atoms with E-state index in [-0.39, 0.29) is 0 Å². The highest BCUT2D eigenvalue weighted by Gasteiger charge is 2.51. The summed E-state index contributed by atoms with van der Waals surface area (Å²) in [6, 6.07) is 9.01. The van der Waals surface area contributed by atoms with Crippen molar-refractivity contribution in [3.8, 4) is 0 Å². The Hall–Kier alpha value is -0.980. The molecule has 106 valence electrons. The van der Waals surface area contributed by atoms with E-state index in [1.54, 1.807) is 44.1 Å². The average molecular weight is 267 g/mol. The fourth-order valence-corrected chi connectivity index (χ4v) is 6.60. The molecule has 4 saturated carbocycles. The maximum atomic E-state index is 3.63. The molecular formula is C19H25N. The molecule has 1 heterocycles. The lowest BCUT2D eigenvalue weighted by Gasteiger charge is -2.57. The molecule has 1 aromatic rings. The Kier molecular flexibility index (Phi) is 2.34. The van der Waals surface area contributed by atoms with Crippen LogP contribution in [0.3, 0.4) is 0 Å². The highest BCUT2D eigenvalue weighted by molar-refractivity contribution is 5.57. The second-order valence-corrected chi connectivity index (χ2v) is 8.29. The molecular weight excluding hydrogens is 242 g/mol. The Morgan fingerprint density at radius 2 is 1.60 bits per heavy atom. The first kappa shape index (κ1) is 11.7. The normalized spacial score (nSPS) is 44.4. The molecule has 0 radical (unpaired) electrons. The summed E-state index contributed by atoms with van der Waals surface area (Å²) in [5.41, 5.74) is 3.73. The van der Waals surface area contributed by atoms with E-state index < -0.39 is 0 Å². The molecule has 1 N–H and O–H groups in total. The number of hydrogen-bond donors (Lipinski definition) is 1. The number of hydrogen-bond acceptors (Lipinski definition) is 1. The van der Waals surface area contributed by atoms with Gasteiger partial charge in [0.05, 0.1) is 0 Å². The molecule has 1 atom stereocenters. The molecule has 4 aliphatic carbocycles. The third-order valence-corrected chi connectivity index (χ3v) is 6.78. The van der Waals surface area contributed by atoms with Crippen LogP contribution in [0.25, 0.3) is 0 Å². The zero-order valence-corrected chi connectivity index (χ0v) is 12.3. The van der Waals surface area contributed by atoms with Crippen LogP contribution in [0.1, 0.15) is 56.4 Å². The summed E-state index contributed by atoms with van der Waals surface area (Å²) >= 11 is 0. The lowest BCUT2D eigenvalue weighted by molar-refractivity contribution is -0.0599. The predicted octanol–water partition coefficient (Wildman–Crippen LogP) is 4.80. The van der Waals surface area contributed by atoms with Crippen molar-refractivity contribution in [1.29, 1.82) is 0 Å². The minimum atomic E-state index is 0.721. The number of fused-ring (bicyclic) bond motifs is 1. The van der Waals surface area contributed by atoms with Gasteiger partial charge in [-0.05, 0) is 79.7 Å². The second-order valence-electron chi connectivity index (χ2n) is 8.29. The molecule has 0 spiro atoms. The van der Waals surface area contributed by atoms with Crippen molar-refractivity contribution >= 4 is 5.69 Å². The zero-order chi connectivity index (χ0) is 13.2. The third kappa shape index (κ3) is 1.68. The Morgan fingerprint density at radius 3 is 2.30 bits per heavy atom. The van der Waals surface area contributed by atoms with Gasteiger partial charge in [-0.2, -0.15) is 0 Å². The molecule has 0 amide bonds. The summed E-state index contributed by atoms with van der Waals surface area (Å²) in [5, 5.41) is 3.63. The largest absolute Gasteiger partial charge is 0.384 e. The maximum Gasteiger partial charge on any atom is 0.0376 e. The predicted molar refractivity (Wildman–Crippen MR) is 82.9 cm³/mol. The molecule has 4 bridgehead atoms. The molecule has 5 aliphatic rings. The molecule has 6 rings (SSSR count). The third-order valence-electron chi connectivity index (χ3n) is 6.78. The van der Waals surface area contributed by atoms with Gasteiger partial charge in [-0.25, -0.2) is 0 Å². The lowest BCUT2D eigenvalue weighted by atomic mass is 9.48. The van der Waals surface area contributed by atoms with Gasteiger partial charge in [-0.3, -0.25) is 0 Å². The summed E-state index contributed by atoms with van der Waals surface area (Å²) < 4.78 is 0. The Balaban J connectivity index is 1.42. The van der Waals surface area contributed by atoms with Crippen molar-refractivity contribution in [2.75, 3.05) is 11.9 Å². The van der Waals surface area contributed by atoms with Gasteiger partial charge in [-0.1, -0.05) is 18.2 Å². The monoisotopic (exact) mass is 267 g/mol. The highest BCUT2D eigenvalue weighted by atomic mass is 14.9. The van der Waals surface area contributed by atoms with Crippen molar-refractivity contribution < 1.29 is 0 Å². The van der Waals surface area contributed by atoms with Crippen molar-refractivity contribution in [2.45, 2.75) is 50.9 Å². The van der Waals surface area contributed by atoms with Crippen molar-refractivity contribution in [3.05, 3.63) is 29.8 Å². The summed E-state index contributed by atoms with van der Waals surface area (Å²) in [6.07, 6.45) is 10.8. The minimum Gasteiger partial charge on any atom is -0.384 e. The first-order valence-corrected chi connectivity index (χ1v) is 8.62. The van der Waals surface area contributed by atoms with Gasteiger partial charge < -0.3 is 5.32 Å². The molecule has 1 unspecified atom stereocenters. The molecule has 0 saturated heterocycles. The number of nitrogens with one attached hydrogen (secondary N) is 1. The molecule has 1 aliphatic heterocycles. The summed E-state index contributed by atoms with van der Waals surface area (Å²) in [4.78, 5) is 0. The van der Waals surface area contributed by atoms with Crippen LogP contribution in [0.15, 0.2) is 24.3 Å². The molecule has 1 nitrogen and oxygen atoms in total. The number of anilines is 1. The lowest BCUT2D eigenvalue weighted by Crippen LogP contribution is -2.46. The minimum absolute atomic E-state index is 0.721. The average Bonchev–Trinajstić information content (AvgIpc) is 2.80. The van der Waals surface area contributed by atoms with E-state index in [1.165, 1.54) is 18.7 Å². The van der Waals surface area contributed by atoms with Crippen LogP contribution in [0.5, 0.6) is 0 Å². The van der Waals surface area contributed by atoms with Gasteiger partial charge in [0.25, 0.3) is 0 Å². The standard InChI is InChI=1S/C19H25N/c1-2-4-18-17(3-1)16(12-20-18)11-19-8-13-5-14(9-19)7-15(6-13)10-19/h1-4,13-16,20H,5-12H2. The van der Waals surface area contributed by atoms with Crippen molar-refractivity contribution in [1.82, 2.24) is 0 Å². The summed E-state index contributed by atoms with van der Waals surface area (Å²) in [6.45, 7) is 1.18. The van der Waals surface area contributed by atoms with E-state index in [9.17, 15) is 0 Å². The van der Waals surface area contributed by atoms with E-state index in [1.807, 2.05) is 0 Å². The first-order chi connectivity index (χ1) is 9.80. The van der Waals surface area contributed by atoms with E-state index in [0.717, 1.165) is 29.1 Å². The quantitative estimate of drug-likeness (QED) is 0.811. The Labute approximate surface area is 122 Å². The van der Waals surface area contributed by atoms with Crippen LogP contribution in [0.2, 0.25) is 0 Å². The number of para-hydroxylation sites is 1. The van der Waals surface area contributed by atoms with Gasteiger partial charge in [0.2, 0.25) is 0 Å². The molecule has 20 heavy (non-hydrogen) atoms. The van der Waals surface area contributed by atoms with Crippen LogP contribution < -0.4 is 5.32 Å². The van der Waals surface area contributed by atoms with Crippen LogP contribution in [0, 0.1) is 23.2 Å². The second kappa shape index (κ2) is 4.02. The first-order valence-electron chi connectivity index (χ1n) is 8.62. The Bertz CT molecular complexity index is 497. The van der Waals surface area contributed by atoms with Crippen LogP contribution in [-0.4, -0.2) is 6.54 Å². The zero-order valence-electron chi connectivity index (χ0n) is 12.3. The Morgan fingerprint density at radius 1 is 0.950 bits per heavy atom. The number of rotatable bonds is 2. The SMILES string of the molecule is c1ccc2c(c1)NCC2CC12CC3CC(CC(C3)C1)C2. The molecule has 1 aromatic carbocycles. The van der Waals surface area contributed by atoms with Crippen LogP contribution in [-0.2, 0) is 0 Å². The molecule has 1 heteroatoms. The maximum absolute atomic E-state index is 3.63. The summed E-state index contributed by atoms with van der Waals surface area (Å²) in [5.74, 6) is 4.05. The van der Waals surface area contributed by atoms with Crippen molar-refractivity contribution in [3.63, 3.8) is 0 Å². The van der Waals surface area contributed by atoms with Gasteiger partial charge in [0.1, 0.15) is 0 Å². The molecule has 0 aromatic heterocycles. The van der Waals surface area contributed by atoms with Gasteiger partial charge in [0.15, 0.2) is 0 Å². The van der Waals surface area contributed by atoms with E-state index in [4.69, 9.17) is 0 Å². The fourth-order valence-electron chi connectivity index (χ4n) is 6.60. The van der Waals surface area contributed by atoms with E-state index in [0.29, 0.717) is 0 Å². The topological polar surface area (TPSA) is 12.0 Å². The fraction of sp³-hybridized carbons (Fsp3) is 0.684. The van der Waals surface area contributed by atoms with Crippen LogP contribution in [0.4, 0.5) is 5.69 Å². The highest BCUT2D eigenvalue weighted by Crippen LogP contribution is 2.63. The molecule has 4 fully saturated rings. The van der Waals surface area contributed by atoms with Crippen LogP contribution >= 0.6 is 0 Å². The van der Waals surface area contributed by atoms with Gasteiger partial charge in [-0.15, -0.1) is 0 Å². The van der Waals surface area contributed by atoms with Crippen molar-refractivity contribution in [2.24, 2.45) is 23.2 Å². The van der Waals surface area contributed by atoms with E-state index in [2.05, 4.69) is 29.6 Å². The van der Waals surface area contributed by atoms with Gasteiger partial charge in [0, 0.05) is 18.2 Å². The summed E-state index contributed by atoms with van der Waals surface area (Å²) in [7, 11) is 0. The van der Waals surface area contributed by atoms with E-state index >= 15 is 0 Å². The smallest absolute Gasteiger partial charge is 0.0376 e. The van der Waals surface area contributed by atoms with Gasteiger partial charge >= 0.3 is 0 Å².